The number of fused-ring (bicyclic) bond motifs is 1. The van der Waals surface area contributed by atoms with E-state index in [1.807, 2.05) is 25.1 Å². The van der Waals surface area contributed by atoms with E-state index in [0.29, 0.717) is 29.4 Å². The summed E-state index contributed by atoms with van der Waals surface area (Å²) in [5, 5.41) is 2.82. The summed E-state index contributed by atoms with van der Waals surface area (Å²) in [6.45, 7) is 2.25. The van der Waals surface area contributed by atoms with Crippen LogP contribution in [0.1, 0.15) is 12.0 Å². The van der Waals surface area contributed by atoms with Crippen molar-refractivity contribution in [1.82, 2.24) is 0 Å². The van der Waals surface area contributed by atoms with Crippen molar-refractivity contribution in [3.8, 4) is 11.5 Å². The quantitative estimate of drug-likeness (QED) is 0.909. The first-order valence-corrected chi connectivity index (χ1v) is 8.04. The number of ether oxygens (including phenoxy) is 2. The summed E-state index contributed by atoms with van der Waals surface area (Å²) in [5.41, 5.74) is 2.40. The summed E-state index contributed by atoms with van der Waals surface area (Å²) in [6, 6.07) is 12.8. The molecule has 1 N–H and O–H groups in total. The van der Waals surface area contributed by atoms with Gasteiger partial charge in [0, 0.05) is 24.7 Å². The fourth-order valence-corrected chi connectivity index (χ4v) is 2.69. The maximum atomic E-state index is 12.2. The zero-order chi connectivity index (χ0) is 17.8. The molecule has 1 aliphatic heterocycles. The van der Waals surface area contributed by atoms with Crippen molar-refractivity contribution in [2.75, 3.05) is 30.5 Å². The number of rotatable bonds is 5. The summed E-state index contributed by atoms with van der Waals surface area (Å²) < 4.78 is 10.6. The summed E-state index contributed by atoms with van der Waals surface area (Å²) in [7, 11) is 1.57. The number of nitrogens with zero attached hydrogens (tertiary/aromatic N) is 1. The summed E-state index contributed by atoms with van der Waals surface area (Å²) in [5.74, 6) is 1.03. The van der Waals surface area contributed by atoms with Crippen LogP contribution in [0.2, 0.25) is 0 Å². The molecule has 0 saturated carbocycles. The number of anilines is 2. The van der Waals surface area contributed by atoms with E-state index in [-0.39, 0.29) is 24.8 Å². The van der Waals surface area contributed by atoms with Gasteiger partial charge in [-0.1, -0.05) is 12.1 Å². The Bertz CT molecular complexity index is 804. The van der Waals surface area contributed by atoms with Gasteiger partial charge in [-0.25, -0.2) is 0 Å². The Morgan fingerprint density at radius 3 is 2.92 bits per heavy atom. The van der Waals surface area contributed by atoms with Crippen LogP contribution < -0.4 is 19.7 Å². The predicted octanol–water partition coefficient (Wildman–Crippen LogP) is 2.76. The Morgan fingerprint density at radius 1 is 1.28 bits per heavy atom. The number of amides is 2. The normalized spacial score (nSPS) is 13.0. The molecule has 1 heterocycles. The Hall–Kier alpha value is -3.02. The number of carbonyl (C=O) groups excluding carboxylic acids is 2. The minimum atomic E-state index is -0.165. The third kappa shape index (κ3) is 3.91. The number of aryl methyl sites for hydroxylation is 1. The van der Waals surface area contributed by atoms with Crippen LogP contribution in [0.5, 0.6) is 11.5 Å². The SMILES string of the molecule is COc1cccc(NC(=O)CCN2C(=O)COc3ccc(C)cc32)c1. The van der Waals surface area contributed by atoms with E-state index in [4.69, 9.17) is 9.47 Å². The number of methoxy groups -OCH3 is 1. The van der Waals surface area contributed by atoms with Gasteiger partial charge in [-0.3, -0.25) is 9.59 Å². The highest BCUT2D eigenvalue weighted by Gasteiger charge is 2.25. The van der Waals surface area contributed by atoms with Crippen LogP contribution in [0.3, 0.4) is 0 Å². The average molecular weight is 340 g/mol. The fourth-order valence-electron chi connectivity index (χ4n) is 2.69. The van der Waals surface area contributed by atoms with Crippen LogP contribution in [0, 0.1) is 6.92 Å². The lowest BCUT2D eigenvalue weighted by molar-refractivity contribution is -0.121. The second-order valence-corrected chi connectivity index (χ2v) is 5.84. The van der Waals surface area contributed by atoms with Crippen LogP contribution in [-0.4, -0.2) is 32.1 Å². The lowest BCUT2D eigenvalue weighted by atomic mass is 10.1. The lowest BCUT2D eigenvalue weighted by Crippen LogP contribution is -2.40. The van der Waals surface area contributed by atoms with Crippen molar-refractivity contribution in [3.63, 3.8) is 0 Å². The summed E-state index contributed by atoms with van der Waals surface area (Å²) >= 11 is 0. The molecule has 6 nitrogen and oxygen atoms in total. The molecule has 2 amide bonds. The molecule has 0 bridgehead atoms. The first kappa shape index (κ1) is 16.8. The summed E-state index contributed by atoms with van der Waals surface area (Å²) in [6.07, 6.45) is 0.191. The topological polar surface area (TPSA) is 67.9 Å². The zero-order valence-electron chi connectivity index (χ0n) is 14.2. The molecule has 25 heavy (non-hydrogen) atoms. The Balaban J connectivity index is 1.66. The van der Waals surface area contributed by atoms with Crippen LogP contribution in [0.25, 0.3) is 0 Å². The molecule has 0 saturated heterocycles. The van der Waals surface area contributed by atoms with Crippen molar-refractivity contribution < 1.29 is 19.1 Å². The first-order valence-electron chi connectivity index (χ1n) is 8.04. The maximum absolute atomic E-state index is 12.2. The van der Waals surface area contributed by atoms with Gasteiger partial charge in [-0.2, -0.15) is 0 Å². The van der Waals surface area contributed by atoms with Gasteiger partial charge in [0.2, 0.25) is 5.91 Å². The highest BCUT2D eigenvalue weighted by molar-refractivity contribution is 5.99. The average Bonchev–Trinajstić information content (AvgIpc) is 2.61. The highest BCUT2D eigenvalue weighted by Crippen LogP contribution is 2.32. The van der Waals surface area contributed by atoms with Gasteiger partial charge in [0.15, 0.2) is 6.61 Å². The van der Waals surface area contributed by atoms with Crippen LogP contribution >= 0.6 is 0 Å². The number of benzene rings is 2. The van der Waals surface area contributed by atoms with Gasteiger partial charge in [0.1, 0.15) is 11.5 Å². The Kier molecular flexibility index (Phi) is 4.88. The zero-order valence-corrected chi connectivity index (χ0v) is 14.2. The van der Waals surface area contributed by atoms with Crippen molar-refractivity contribution in [2.24, 2.45) is 0 Å². The monoisotopic (exact) mass is 340 g/mol. The van der Waals surface area contributed by atoms with Crippen molar-refractivity contribution in [2.45, 2.75) is 13.3 Å². The molecule has 0 fully saturated rings. The van der Waals surface area contributed by atoms with Gasteiger partial charge < -0.3 is 19.7 Å². The second kappa shape index (κ2) is 7.25. The first-order chi connectivity index (χ1) is 12.1. The molecule has 1 aliphatic rings. The minimum absolute atomic E-state index is 0.00638. The smallest absolute Gasteiger partial charge is 0.265 e. The van der Waals surface area contributed by atoms with Gasteiger partial charge >= 0.3 is 0 Å². The van der Waals surface area contributed by atoms with Crippen molar-refractivity contribution in [1.29, 1.82) is 0 Å². The molecule has 0 aromatic heterocycles. The lowest BCUT2D eigenvalue weighted by Gasteiger charge is -2.29. The van der Waals surface area contributed by atoms with Crippen molar-refractivity contribution >= 4 is 23.2 Å². The Labute approximate surface area is 146 Å². The largest absolute Gasteiger partial charge is 0.497 e. The molecule has 6 heteroatoms. The molecular weight excluding hydrogens is 320 g/mol. The molecule has 0 atom stereocenters. The third-order valence-corrected chi connectivity index (χ3v) is 3.97. The van der Waals surface area contributed by atoms with E-state index in [1.54, 1.807) is 36.3 Å². The molecule has 130 valence electrons. The number of carbonyl (C=O) groups is 2. The molecule has 2 aromatic rings. The molecule has 0 spiro atoms. The molecule has 3 rings (SSSR count). The standard InChI is InChI=1S/C19H20N2O4/c1-13-6-7-17-16(10-13)21(19(23)12-25-17)9-8-18(22)20-14-4-3-5-15(11-14)24-2/h3-7,10-11H,8-9,12H2,1-2H3,(H,20,22). The van der Waals surface area contributed by atoms with Crippen LogP contribution in [0.15, 0.2) is 42.5 Å². The van der Waals surface area contributed by atoms with E-state index in [9.17, 15) is 9.59 Å². The molecule has 0 radical (unpaired) electrons. The van der Waals surface area contributed by atoms with Gasteiger partial charge in [0.05, 0.1) is 12.8 Å². The minimum Gasteiger partial charge on any atom is -0.497 e. The number of nitrogens with one attached hydrogen (secondary N) is 1. The van der Waals surface area contributed by atoms with E-state index in [1.165, 1.54) is 0 Å². The molecular formula is C19H20N2O4. The van der Waals surface area contributed by atoms with Gasteiger partial charge in [0.25, 0.3) is 5.91 Å². The van der Waals surface area contributed by atoms with Crippen molar-refractivity contribution in [3.05, 3.63) is 48.0 Å². The molecule has 2 aromatic carbocycles. The van der Waals surface area contributed by atoms with Gasteiger partial charge in [-0.05, 0) is 36.8 Å². The van der Waals surface area contributed by atoms with E-state index < -0.39 is 0 Å². The van der Waals surface area contributed by atoms with E-state index in [2.05, 4.69) is 5.32 Å². The van der Waals surface area contributed by atoms with Gasteiger partial charge in [-0.15, -0.1) is 0 Å². The van der Waals surface area contributed by atoms with E-state index in [0.717, 1.165) is 5.56 Å². The maximum Gasteiger partial charge on any atom is 0.265 e. The number of hydrogen-bond donors (Lipinski definition) is 1. The van der Waals surface area contributed by atoms with Crippen LogP contribution in [-0.2, 0) is 9.59 Å². The molecule has 0 unspecified atom stereocenters. The molecule has 0 aliphatic carbocycles. The highest BCUT2D eigenvalue weighted by atomic mass is 16.5. The predicted molar refractivity (Wildman–Crippen MR) is 95.3 cm³/mol. The fraction of sp³-hybridized carbons (Fsp3) is 0.263. The van der Waals surface area contributed by atoms with Crippen LogP contribution in [0.4, 0.5) is 11.4 Å². The number of hydrogen-bond acceptors (Lipinski definition) is 4. The second-order valence-electron chi connectivity index (χ2n) is 5.84. The van der Waals surface area contributed by atoms with E-state index >= 15 is 0 Å². The Morgan fingerprint density at radius 2 is 2.12 bits per heavy atom. The third-order valence-electron chi connectivity index (χ3n) is 3.97. The summed E-state index contributed by atoms with van der Waals surface area (Å²) in [4.78, 5) is 26.0.